The zero-order valence-corrected chi connectivity index (χ0v) is 16.5. The average molecular weight is 349 g/mol. The largest absolute Gasteiger partial charge is 0.493 e. The molecule has 4 atom stereocenters. The van der Waals surface area contributed by atoms with Gasteiger partial charge in [-0.3, -0.25) is 4.79 Å². The minimum absolute atomic E-state index is 0.221. The molecule has 0 spiro atoms. The van der Waals surface area contributed by atoms with Crippen LogP contribution in [0.5, 0.6) is 11.5 Å². The van der Waals surface area contributed by atoms with E-state index in [0.717, 1.165) is 18.5 Å². The van der Waals surface area contributed by atoms with Crippen LogP contribution in [-0.4, -0.2) is 50.7 Å². The zero-order valence-electron chi connectivity index (χ0n) is 16.5. The Bertz CT molecular complexity index is 590. The third-order valence-electron chi connectivity index (χ3n) is 5.56. The van der Waals surface area contributed by atoms with Gasteiger partial charge in [0.15, 0.2) is 11.5 Å². The Kier molecular flexibility index (Phi) is 6.71. The van der Waals surface area contributed by atoms with Crippen LogP contribution in [0.25, 0.3) is 0 Å². The van der Waals surface area contributed by atoms with Gasteiger partial charge in [0.25, 0.3) is 0 Å². The molecular formula is C20H33N2O3+. The molecule has 1 aromatic rings. The number of methoxy groups -OCH3 is 2. The highest BCUT2D eigenvalue weighted by atomic mass is 16.5. The number of hydrogen-bond donors (Lipinski definition) is 1. The number of quaternary nitrogens is 1. The van der Waals surface area contributed by atoms with E-state index in [1.54, 1.807) is 19.1 Å². The molecule has 0 saturated carbocycles. The summed E-state index contributed by atoms with van der Waals surface area (Å²) in [6.07, 6.45) is 1.58. The third kappa shape index (κ3) is 4.46. The SMILES string of the molecule is CCC(=O)N(Cc1ccc(OC)c(OC)c1)[C@H]1C[C@H](C)[NH+](C)C[C@@H]1C. The van der Waals surface area contributed by atoms with Crippen molar-refractivity contribution in [1.82, 2.24) is 4.90 Å². The molecule has 0 radical (unpaired) electrons. The molecule has 2 rings (SSSR count). The summed E-state index contributed by atoms with van der Waals surface area (Å²) in [6, 6.07) is 6.76. The number of nitrogens with zero attached hydrogens (tertiary/aromatic N) is 1. The van der Waals surface area contributed by atoms with Crippen LogP contribution in [-0.2, 0) is 11.3 Å². The molecule has 0 bridgehead atoms. The van der Waals surface area contributed by atoms with Crippen LogP contribution in [0.4, 0.5) is 0 Å². The second-order valence-corrected chi connectivity index (χ2v) is 7.30. The number of ether oxygens (including phenoxy) is 2. The van der Waals surface area contributed by atoms with Crippen molar-refractivity contribution < 1.29 is 19.2 Å². The molecule has 1 amide bonds. The first kappa shape index (κ1) is 19.6. The van der Waals surface area contributed by atoms with Crippen molar-refractivity contribution in [1.29, 1.82) is 0 Å². The van der Waals surface area contributed by atoms with Crippen LogP contribution in [0.3, 0.4) is 0 Å². The Morgan fingerprint density at radius 3 is 2.52 bits per heavy atom. The summed E-state index contributed by atoms with van der Waals surface area (Å²) >= 11 is 0. The van der Waals surface area contributed by atoms with Crippen LogP contribution in [0, 0.1) is 5.92 Å². The van der Waals surface area contributed by atoms with E-state index in [1.165, 1.54) is 0 Å². The molecule has 1 aliphatic rings. The molecule has 1 aromatic carbocycles. The number of rotatable bonds is 6. The smallest absolute Gasteiger partial charge is 0.222 e. The molecule has 1 saturated heterocycles. The Labute approximate surface area is 151 Å². The maximum atomic E-state index is 12.7. The summed E-state index contributed by atoms with van der Waals surface area (Å²) in [4.78, 5) is 16.3. The van der Waals surface area contributed by atoms with E-state index in [2.05, 4.69) is 25.8 Å². The topological polar surface area (TPSA) is 43.2 Å². The number of hydrogen-bond acceptors (Lipinski definition) is 3. The Morgan fingerprint density at radius 1 is 1.24 bits per heavy atom. The molecule has 25 heavy (non-hydrogen) atoms. The summed E-state index contributed by atoms with van der Waals surface area (Å²) < 4.78 is 10.7. The van der Waals surface area contributed by atoms with Gasteiger partial charge in [-0.1, -0.05) is 19.9 Å². The lowest BCUT2D eigenvalue weighted by atomic mass is 9.88. The van der Waals surface area contributed by atoms with E-state index >= 15 is 0 Å². The van der Waals surface area contributed by atoms with Crippen molar-refractivity contribution in [3.63, 3.8) is 0 Å². The summed E-state index contributed by atoms with van der Waals surface area (Å²) in [5, 5.41) is 0. The van der Waals surface area contributed by atoms with E-state index in [0.29, 0.717) is 42.5 Å². The Balaban J connectivity index is 2.25. The molecule has 1 N–H and O–H groups in total. The average Bonchev–Trinajstić information content (AvgIpc) is 2.62. The lowest BCUT2D eigenvalue weighted by Gasteiger charge is -2.43. The van der Waals surface area contributed by atoms with Crippen molar-refractivity contribution in [2.45, 2.75) is 52.2 Å². The number of carbonyl (C=O) groups is 1. The minimum atomic E-state index is 0.221. The predicted octanol–water partition coefficient (Wildman–Crippen LogP) is 1.75. The van der Waals surface area contributed by atoms with Crippen molar-refractivity contribution in [2.24, 2.45) is 5.92 Å². The number of piperidine rings is 1. The van der Waals surface area contributed by atoms with Gasteiger partial charge in [0.2, 0.25) is 5.91 Å². The quantitative estimate of drug-likeness (QED) is 0.851. The summed E-state index contributed by atoms with van der Waals surface area (Å²) in [6.45, 7) is 8.21. The highest BCUT2D eigenvalue weighted by molar-refractivity contribution is 5.76. The summed E-state index contributed by atoms with van der Waals surface area (Å²) in [5.74, 6) is 2.13. The van der Waals surface area contributed by atoms with Gasteiger partial charge in [0.05, 0.1) is 33.9 Å². The van der Waals surface area contributed by atoms with Gasteiger partial charge >= 0.3 is 0 Å². The summed E-state index contributed by atoms with van der Waals surface area (Å²) in [5.41, 5.74) is 1.07. The van der Waals surface area contributed by atoms with Gasteiger partial charge in [0.1, 0.15) is 0 Å². The standard InChI is InChI=1S/C20H32N2O3/c1-7-20(23)22(17-10-15(3)21(4)12-14(17)2)13-16-8-9-18(24-5)19(11-16)25-6/h8-9,11,14-15,17H,7,10,12-13H2,1-6H3/p+1/t14-,15-,17-/m0/s1. The maximum Gasteiger partial charge on any atom is 0.222 e. The van der Waals surface area contributed by atoms with E-state index in [4.69, 9.17) is 9.47 Å². The van der Waals surface area contributed by atoms with Crippen molar-refractivity contribution in [3.8, 4) is 11.5 Å². The molecule has 1 fully saturated rings. The fraction of sp³-hybridized carbons (Fsp3) is 0.650. The van der Waals surface area contributed by atoms with Crippen LogP contribution in [0.1, 0.15) is 39.2 Å². The molecule has 5 nitrogen and oxygen atoms in total. The van der Waals surface area contributed by atoms with Gasteiger partial charge in [0, 0.05) is 31.3 Å². The molecule has 1 aliphatic heterocycles. The zero-order chi connectivity index (χ0) is 18.6. The fourth-order valence-corrected chi connectivity index (χ4v) is 3.84. The van der Waals surface area contributed by atoms with E-state index < -0.39 is 0 Å². The molecular weight excluding hydrogens is 316 g/mol. The number of benzene rings is 1. The molecule has 0 aliphatic carbocycles. The van der Waals surface area contributed by atoms with Crippen LogP contribution >= 0.6 is 0 Å². The van der Waals surface area contributed by atoms with Crippen LogP contribution < -0.4 is 14.4 Å². The number of amides is 1. The molecule has 140 valence electrons. The van der Waals surface area contributed by atoms with Crippen LogP contribution in [0.15, 0.2) is 18.2 Å². The second-order valence-electron chi connectivity index (χ2n) is 7.30. The highest BCUT2D eigenvalue weighted by Gasteiger charge is 2.37. The monoisotopic (exact) mass is 349 g/mol. The lowest BCUT2D eigenvalue weighted by Crippen LogP contribution is -3.15. The molecule has 1 unspecified atom stereocenters. The van der Waals surface area contributed by atoms with E-state index in [1.807, 2.05) is 25.1 Å². The number of nitrogens with one attached hydrogen (secondary N) is 1. The molecule has 5 heteroatoms. The van der Waals surface area contributed by atoms with Crippen molar-refractivity contribution >= 4 is 5.91 Å². The first-order chi connectivity index (χ1) is 11.9. The Hall–Kier alpha value is -1.75. The third-order valence-corrected chi connectivity index (χ3v) is 5.56. The van der Waals surface area contributed by atoms with Crippen LogP contribution in [0.2, 0.25) is 0 Å². The first-order valence-electron chi connectivity index (χ1n) is 9.23. The minimum Gasteiger partial charge on any atom is -0.493 e. The van der Waals surface area contributed by atoms with Crippen molar-refractivity contribution in [3.05, 3.63) is 23.8 Å². The van der Waals surface area contributed by atoms with Gasteiger partial charge < -0.3 is 19.3 Å². The predicted molar refractivity (Wildman–Crippen MR) is 99.2 cm³/mol. The van der Waals surface area contributed by atoms with Gasteiger partial charge in [-0.05, 0) is 24.6 Å². The van der Waals surface area contributed by atoms with Gasteiger partial charge in [-0.15, -0.1) is 0 Å². The Morgan fingerprint density at radius 2 is 1.92 bits per heavy atom. The molecule has 1 heterocycles. The van der Waals surface area contributed by atoms with Gasteiger partial charge in [-0.25, -0.2) is 0 Å². The van der Waals surface area contributed by atoms with E-state index in [9.17, 15) is 4.79 Å². The van der Waals surface area contributed by atoms with E-state index in [-0.39, 0.29) is 5.91 Å². The summed E-state index contributed by atoms with van der Waals surface area (Å²) in [7, 11) is 5.52. The highest BCUT2D eigenvalue weighted by Crippen LogP contribution is 2.29. The number of likely N-dealkylation sites (tertiary alicyclic amines) is 1. The van der Waals surface area contributed by atoms with Crippen molar-refractivity contribution in [2.75, 3.05) is 27.8 Å². The normalized spacial score (nSPS) is 26.2. The maximum absolute atomic E-state index is 12.7. The first-order valence-corrected chi connectivity index (χ1v) is 9.23. The fourth-order valence-electron chi connectivity index (χ4n) is 3.84. The molecule has 0 aromatic heterocycles. The lowest BCUT2D eigenvalue weighted by molar-refractivity contribution is -0.913. The van der Waals surface area contributed by atoms with Gasteiger partial charge in [-0.2, -0.15) is 0 Å². The number of carbonyl (C=O) groups excluding carboxylic acids is 1. The second kappa shape index (κ2) is 8.56.